The van der Waals surface area contributed by atoms with E-state index in [2.05, 4.69) is 56.7 Å². The van der Waals surface area contributed by atoms with Gasteiger partial charge in [0, 0.05) is 39.6 Å². The number of nitrogens with one attached hydrogen (secondary N) is 1. The maximum Gasteiger partial charge on any atom is 0.335 e. The van der Waals surface area contributed by atoms with Crippen LogP contribution in [0, 0.1) is 11.3 Å². The zero-order chi connectivity index (χ0) is 29.3. The number of alkyl halides is 1. The zero-order valence-corrected chi connectivity index (χ0v) is 24.7. The summed E-state index contributed by atoms with van der Waals surface area (Å²) >= 11 is 10.1. The number of allylic oxidation sites excluding steroid dienone is 1. The highest BCUT2D eigenvalue weighted by Gasteiger charge is 2.51. The molecule has 0 radical (unpaired) electrons. The average molecular weight is 640 g/mol. The van der Waals surface area contributed by atoms with Gasteiger partial charge >= 0.3 is 5.97 Å². The predicted octanol–water partition coefficient (Wildman–Crippen LogP) is 5.00. The first-order chi connectivity index (χ1) is 19.5. The summed E-state index contributed by atoms with van der Waals surface area (Å²) in [7, 11) is 0. The SMILES string of the molecule is CC1(C)CN(C(=O)C=Cc2cc(Cl)ccc2-n2cnnn2)C(C(=O)Nc2ccc(C(=O)O)cc2)C2=CCCC(Br)C21. The summed E-state index contributed by atoms with van der Waals surface area (Å²) in [6.45, 7) is 4.58. The van der Waals surface area contributed by atoms with Gasteiger partial charge in [0.1, 0.15) is 12.4 Å². The normalized spacial score (nSPS) is 21.7. The van der Waals surface area contributed by atoms with Crippen LogP contribution in [0.25, 0.3) is 11.8 Å². The molecule has 3 aromatic rings. The molecule has 1 aliphatic carbocycles. The van der Waals surface area contributed by atoms with Gasteiger partial charge in [-0.3, -0.25) is 9.59 Å². The van der Waals surface area contributed by atoms with Gasteiger partial charge in [-0.05, 0) is 82.8 Å². The molecule has 1 aromatic heterocycles. The summed E-state index contributed by atoms with van der Waals surface area (Å²) in [4.78, 5) is 40.7. The van der Waals surface area contributed by atoms with Gasteiger partial charge in [-0.15, -0.1) is 5.10 Å². The quantitative estimate of drug-likeness (QED) is 0.221. The summed E-state index contributed by atoms with van der Waals surface area (Å²) in [6.07, 6.45) is 8.33. The third-order valence-corrected chi connectivity index (χ3v) is 8.73. The molecule has 0 saturated carbocycles. The van der Waals surface area contributed by atoms with Crippen LogP contribution in [0.2, 0.25) is 5.02 Å². The molecule has 3 atom stereocenters. The number of rotatable bonds is 6. The van der Waals surface area contributed by atoms with Crippen molar-refractivity contribution in [3.8, 4) is 5.69 Å². The molecule has 5 rings (SSSR count). The van der Waals surface area contributed by atoms with Crippen molar-refractivity contribution in [1.82, 2.24) is 25.1 Å². The summed E-state index contributed by atoms with van der Waals surface area (Å²) in [5, 5.41) is 23.9. The smallest absolute Gasteiger partial charge is 0.335 e. The highest BCUT2D eigenvalue weighted by Crippen LogP contribution is 2.49. The second kappa shape index (κ2) is 11.6. The number of anilines is 1. The van der Waals surface area contributed by atoms with Crippen LogP contribution in [0.5, 0.6) is 0 Å². The minimum absolute atomic E-state index is 0.0498. The molecule has 212 valence electrons. The lowest BCUT2D eigenvalue weighted by atomic mass is 9.64. The summed E-state index contributed by atoms with van der Waals surface area (Å²) in [5.74, 6) is -1.70. The lowest BCUT2D eigenvalue weighted by molar-refractivity contribution is -0.138. The van der Waals surface area contributed by atoms with E-state index in [1.165, 1.54) is 29.2 Å². The minimum Gasteiger partial charge on any atom is -0.478 e. The number of amides is 2. The Labute approximate surface area is 250 Å². The van der Waals surface area contributed by atoms with Gasteiger partial charge in [0.2, 0.25) is 5.91 Å². The molecule has 1 fully saturated rings. The molecule has 0 spiro atoms. The molecule has 2 heterocycles. The number of tetrazole rings is 1. The highest BCUT2D eigenvalue weighted by molar-refractivity contribution is 9.09. The number of nitrogens with zero attached hydrogens (tertiary/aromatic N) is 5. The molecule has 0 bridgehead atoms. The van der Waals surface area contributed by atoms with Crippen LogP contribution >= 0.6 is 27.5 Å². The Balaban J connectivity index is 1.48. The molecule has 3 unspecified atom stereocenters. The van der Waals surface area contributed by atoms with Crippen molar-refractivity contribution in [2.75, 3.05) is 11.9 Å². The topological polar surface area (TPSA) is 130 Å². The fourth-order valence-corrected chi connectivity index (χ4v) is 7.21. The van der Waals surface area contributed by atoms with Crippen LogP contribution in [0.15, 0.2) is 66.5 Å². The zero-order valence-electron chi connectivity index (χ0n) is 22.4. The number of aromatic carboxylic acids is 1. The number of hydrogen-bond donors (Lipinski definition) is 2. The summed E-state index contributed by atoms with van der Waals surface area (Å²) in [6, 6.07) is 10.3. The first-order valence-corrected chi connectivity index (χ1v) is 14.3. The van der Waals surface area contributed by atoms with E-state index in [9.17, 15) is 19.5 Å². The van der Waals surface area contributed by atoms with Gasteiger partial charge in [0.25, 0.3) is 5.91 Å². The van der Waals surface area contributed by atoms with Gasteiger partial charge in [0.05, 0.1) is 11.3 Å². The van der Waals surface area contributed by atoms with E-state index < -0.39 is 12.0 Å². The van der Waals surface area contributed by atoms with Crippen LogP contribution < -0.4 is 5.32 Å². The summed E-state index contributed by atoms with van der Waals surface area (Å²) < 4.78 is 1.48. The van der Waals surface area contributed by atoms with E-state index in [0.717, 1.165) is 18.4 Å². The van der Waals surface area contributed by atoms with Crippen LogP contribution in [-0.2, 0) is 9.59 Å². The number of aromatic nitrogens is 4. The standard InChI is InChI=1S/C29H28BrClN6O4/c1-29(2)15-36(24(38)13-8-18-14-19(31)9-12-23(18)37-16-32-34-35-37)26(21-4-3-5-22(30)25(21)29)27(39)33-20-10-6-17(7-11-20)28(40)41/h4,6-14,16,22,25-26H,3,5,15H2,1-2H3,(H,33,39)(H,40,41). The van der Waals surface area contributed by atoms with Crippen molar-refractivity contribution >= 4 is 57.1 Å². The van der Waals surface area contributed by atoms with E-state index in [0.29, 0.717) is 28.5 Å². The lowest BCUT2D eigenvalue weighted by Gasteiger charge is -2.52. The van der Waals surface area contributed by atoms with E-state index >= 15 is 0 Å². The molecule has 10 nitrogen and oxygen atoms in total. The molecular weight excluding hydrogens is 612 g/mol. The van der Waals surface area contributed by atoms with Crippen molar-refractivity contribution in [1.29, 1.82) is 0 Å². The van der Waals surface area contributed by atoms with Crippen molar-refractivity contribution in [2.45, 2.75) is 37.6 Å². The van der Waals surface area contributed by atoms with E-state index in [1.807, 2.05) is 0 Å². The summed E-state index contributed by atoms with van der Waals surface area (Å²) in [5.41, 5.74) is 2.41. The number of carbonyl (C=O) groups is 3. The number of likely N-dealkylation sites (tertiary alicyclic amines) is 1. The van der Waals surface area contributed by atoms with E-state index in [4.69, 9.17) is 11.6 Å². The highest BCUT2D eigenvalue weighted by atomic mass is 79.9. The van der Waals surface area contributed by atoms with Crippen LogP contribution in [0.1, 0.15) is 42.6 Å². The number of hydrogen-bond acceptors (Lipinski definition) is 6. The van der Waals surface area contributed by atoms with Gasteiger partial charge < -0.3 is 15.3 Å². The van der Waals surface area contributed by atoms with Gasteiger partial charge in [-0.1, -0.05) is 47.5 Å². The Bertz CT molecular complexity index is 1540. The maximum absolute atomic E-state index is 13.9. The predicted molar refractivity (Wildman–Crippen MR) is 158 cm³/mol. The number of halogens is 2. The average Bonchev–Trinajstić information content (AvgIpc) is 3.46. The molecule has 2 amide bonds. The van der Waals surface area contributed by atoms with Gasteiger partial charge in [0.15, 0.2) is 0 Å². The minimum atomic E-state index is -1.05. The van der Waals surface area contributed by atoms with Crippen LogP contribution in [0.4, 0.5) is 5.69 Å². The Morgan fingerprint density at radius 2 is 1.93 bits per heavy atom. The Kier molecular flexibility index (Phi) is 8.10. The maximum atomic E-state index is 13.9. The van der Waals surface area contributed by atoms with Crippen molar-refractivity contribution in [2.24, 2.45) is 11.3 Å². The van der Waals surface area contributed by atoms with E-state index in [-0.39, 0.29) is 33.5 Å². The number of benzene rings is 2. The third-order valence-electron chi connectivity index (χ3n) is 7.51. The monoisotopic (exact) mass is 638 g/mol. The van der Waals surface area contributed by atoms with Crippen molar-refractivity contribution < 1.29 is 19.5 Å². The largest absolute Gasteiger partial charge is 0.478 e. The molecule has 2 N–H and O–H groups in total. The Morgan fingerprint density at radius 3 is 2.61 bits per heavy atom. The molecular formula is C29H28BrClN6O4. The number of fused-ring (bicyclic) bond motifs is 1. The number of carboxylic acid groups (broad SMARTS) is 1. The van der Waals surface area contributed by atoms with E-state index in [1.54, 1.807) is 41.3 Å². The van der Waals surface area contributed by atoms with Gasteiger partial charge in [-0.2, -0.15) is 4.68 Å². The third kappa shape index (κ3) is 5.96. The Morgan fingerprint density at radius 1 is 1.17 bits per heavy atom. The number of piperidine rings is 1. The van der Waals surface area contributed by atoms with Gasteiger partial charge in [-0.25, -0.2) is 4.79 Å². The first-order valence-electron chi connectivity index (χ1n) is 13.0. The second-order valence-electron chi connectivity index (χ2n) is 10.8. The molecule has 2 aromatic carbocycles. The van der Waals surface area contributed by atoms with Crippen LogP contribution in [0.3, 0.4) is 0 Å². The fourth-order valence-electron chi connectivity index (χ4n) is 5.74. The second-order valence-corrected chi connectivity index (χ2v) is 12.4. The molecule has 1 saturated heterocycles. The van der Waals surface area contributed by atoms with Crippen molar-refractivity contribution in [3.05, 3.63) is 82.7 Å². The molecule has 12 heteroatoms. The first kappa shape index (κ1) is 28.7. The molecule has 1 aliphatic heterocycles. The van der Waals surface area contributed by atoms with Crippen molar-refractivity contribution in [3.63, 3.8) is 0 Å². The number of carboxylic acids is 1. The lowest BCUT2D eigenvalue weighted by Crippen LogP contribution is -2.60. The fraction of sp³-hybridized carbons (Fsp3) is 0.310. The Hall–Kier alpha value is -3.83. The molecule has 2 aliphatic rings. The number of carbonyl (C=O) groups excluding carboxylic acids is 2. The molecule has 41 heavy (non-hydrogen) atoms. The van der Waals surface area contributed by atoms with Crippen LogP contribution in [-0.4, -0.2) is 65.4 Å².